The van der Waals surface area contributed by atoms with Crippen molar-refractivity contribution in [3.63, 3.8) is 0 Å². The van der Waals surface area contributed by atoms with Crippen LogP contribution in [0.3, 0.4) is 0 Å². The molecule has 2 aromatic rings. The van der Waals surface area contributed by atoms with Gasteiger partial charge in [0.05, 0.1) is 5.92 Å². The lowest BCUT2D eigenvalue weighted by Gasteiger charge is -2.31. The molecule has 2 heterocycles. The van der Waals surface area contributed by atoms with E-state index >= 15 is 0 Å². The van der Waals surface area contributed by atoms with Crippen LogP contribution in [-0.4, -0.2) is 40.1 Å². The summed E-state index contributed by atoms with van der Waals surface area (Å²) in [5.74, 6) is -0.340. The van der Waals surface area contributed by atoms with Gasteiger partial charge in [-0.25, -0.2) is 4.79 Å². The lowest BCUT2D eigenvalue weighted by Crippen LogP contribution is -2.45. The van der Waals surface area contributed by atoms with Gasteiger partial charge in [-0.2, -0.15) is 0 Å². The van der Waals surface area contributed by atoms with E-state index in [1.165, 1.54) is 11.3 Å². The molecule has 1 fully saturated rings. The van der Waals surface area contributed by atoms with E-state index in [1.807, 2.05) is 30.3 Å². The van der Waals surface area contributed by atoms with Crippen LogP contribution < -0.4 is 10.6 Å². The maximum absolute atomic E-state index is 12.3. The van der Waals surface area contributed by atoms with Crippen molar-refractivity contribution in [1.29, 1.82) is 0 Å². The summed E-state index contributed by atoms with van der Waals surface area (Å²) in [6, 6.07) is 9.12. The topological polar surface area (TPSA) is 87.2 Å². The number of benzene rings is 1. The van der Waals surface area contributed by atoms with E-state index in [4.69, 9.17) is 0 Å². The minimum atomic E-state index is -0.228. The molecule has 0 bridgehead atoms. The lowest BCUT2D eigenvalue weighted by molar-refractivity contribution is -0.121. The van der Waals surface area contributed by atoms with E-state index in [-0.39, 0.29) is 17.9 Å². The molecule has 1 aromatic carbocycles. The number of carbonyl (C=O) groups excluding carboxylic acids is 2. The van der Waals surface area contributed by atoms with Crippen molar-refractivity contribution in [2.24, 2.45) is 5.92 Å². The van der Waals surface area contributed by atoms with Crippen molar-refractivity contribution in [3.05, 3.63) is 35.8 Å². The number of carbonyl (C=O) groups is 2. The Bertz CT molecular complexity index is 662. The van der Waals surface area contributed by atoms with Gasteiger partial charge in [0.2, 0.25) is 11.0 Å². The molecule has 0 aliphatic carbocycles. The number of para-hydroxylation sites is 1. The van der Waals surface area contributed by atoms with Crippen LogP contribution in [0.2, 0.25) is 0 Å². The highest BCUT2D eigenvalue weighted by atomic mass is 32.1. The normalized spacial score (nSPS) is 17.6. The summed E-state index contributed by atoms with van der Waals surface area (Å²) >= 11 is 1.28. The Morgan fingerprint density at radius 3 is 2.78 bits per heavy atom. The Balaban J connectivity index is 1.57. The number of nitrogens with zero attached hydrogens (tertiary/aromatic N) is 3. The lowest BCUT2D eigenvalue weighted by atomic mass is 9.97. The molecule has 2 N–H and O–H groups in total. The van der Waals surface area contributed by atoms with Crippen molar-refractivity contribution in [2.45, 2.75) is 12.8 Å². The van der Waals surface area contributed by atoms with Crippen LogP contribution in [0.15, 0.2) is 35.8 Å². The first-order chi connectivity index (χ1) is 11.2. The fraction of sp³-hybridized carbons (Fsp3) is 0.333. The van der Waals surface area contributed by atoms with E-state index in [0.29, 0.717) is 18.2 Å². The third-order valence-corrected chi connectivity index (χ3v) is 4.30. The second-order valence-corrected chi connectivity index (χ2v) is 6.15. The maximum atomic E-state index is 12.3. The van der Waals surface area contributed by atoms with Gasteiger partial charge in [-0.15, -0.1) is 10.2 Å². The number of aromatic nitrogens is 2. The maximum Gasteiger partial charge on any atom is 0.321 e. The standard InChI is InChI=1S/C15H17N5O2S/c21-13(18-14-19-16-10-23-14)11-5-4-8-20(9-11)15(22)17-12-6-2-1-3-7-12/h1-3,6-7,10-11H,4-5,8-9H2,(H,17,22)(H,18,19,21). The van der Waals surface area contributed by atoms with E-state index in [9.17, 15) is 9.59 Å². The monoisotopic (exact) mass is 331 g/mol. The molecular formula is C15H17N5O2S. The fourth-order valence-electron chi connectivity index (χ4n) is 2.53. The van der Waals surface area contributed by atoms with Gasteiger partial charge in [0.15, 0.2) is 0 Å². The molecule has 0 spiro atoms. The van der Waals surface area contributed by atoms with Gasteiger partial charge in [-0.3, -0.25) is 4.79 Å². The molecule has 7 nitrogen and oxygen atoms in total. The van der Waals surface area contributed by atoms with Crippen molar-refractivity contribution in [3.8, 4) is 0 Å². The third-order valence-electron chi connectivity index (χ3n) is 3.69. The van der Waals surface area contributed by atoms with E-state index in [1.54, 1.807) is 10.4 Å². The molecule has 1 atom stereocenters. The molecule has 0 saturated carbocycles. The first kappa shape index (κ1) is 15.4. The highest BCUT2D eigenvalue weighted by Gasteiger charge is 2.28. The molecule has 1 saturated heterocycles. The molecule has 8 heteroatoms. The molecule has 120 valence electrons. The van der Waals surface area contributed by atoms with Gasteiger partial charge in [0.25, 0.3) is 0 Å². The smallest absolute Gasteiger partial charge is 0.321 e. The first-order valence-corrected chi connectivity index (χ1v) is 8.28. The van der Waals surface area contributed by atoms with Crippen LogP contribution in [0.4, 0.5) is 15.6 Å². The molecule has 1 unspecified atom stereocenters. The minimum absolute atomic E-state index is 0.112. The van der Waals surface area contributed by atoms with Crippen LogP contribution in [0.5, 0.6) is 0 Å². The van der Waals surface area contributed by atoms with Gasteiger partial charge in [-0.05, 0) is 25.0 Å². The third kappa shape index (κ3) is 4.04. The number of piperidine rings is 1. The van der Waals surface area contributed by atoms with Crippen molar-refractivity contribution < 1.29 is 9.59 Å². The number of rotatable bonds is 3. The van der Waals surface area contributed by atoms with Gasteiger partial charge >= 0.3 is 6.03 Å². The number of urea groups is 1. The molecule has 1 aliphatic rings. The first-order valence-electron chi connectivity index (χ1n) is 7.40. The summed E-state index contributed by atoms with van der Waals surface area (Å²) in [6.45, 7) is 1.06. The predicted molar refractivity (Wildman–Crippen MR) is 88.3 cm³/mol. The Kier molecular flexibility index (Phi) is 4.82. The Morgan fingerprint density at radius 1 is 1.22 bits per heavy atom. The van der Waals surface area contributed by atoms with Gasteiger partial charge in [-0.1, -0.05) is 29.5 Å². The van der Waals surface area contributed by atoms with Crippen molar-refractivity contribution >= 4 is 34.1 Å². The molecule has 23 heavy (non-hydrogen) atoms. The SMILES string of the molecule is O=C(Nc1nncs1)C1CCCN(C(=O)Nc2ccccc2)C1. The Labute approximate surface area is 137 Å². The Hall–Kier alpha value is -2.48. The van der Waals surface area contributed by atoms with Crippen LogP contribution in [0.25, 0.3) is 0 Å². The summed E-state index contributed by atoms with van der Waals surface area (Å²) in [5.41, 5.74) is 2.31. The summed E-state index contributed by atoms with van der Waals surface area (Å²) in [5, 5.41) is 13.6. The second kappa shape index (κ2) is 7.19. The second-order valence-electron chi connectivity index (χ2n) is 5.31. The number of nitrogens with one attached hydrogen (secondary N) is 2. The number of anilines is 2. The largest absolute Gasteiger partial charge is 0.324 e. The van der Waals surface area contributed by atoms with Crippen LogP contribution in [0.1, 0.15) is 12.8 Å². The zero-order valence-corrected chi connectivity index (χ0v) is 13.3. The van der Waals surface area contributed by atoms with Gasteiger partial charge in [0, 0.05) is 18.8 Å². The number of amides is 3. The van der Waals surface area contributed by atoms with Crippen molar-refractivity contribution in [1.82, 2.24) is 15.1 Å². The average Bonchev–Trinajstić information content (AvgIpc) is 3.09. The van der Waals surface area contributed by atoms with E-state index < -0.39 is 0 Å². The zero-order valence-electron chi connectivity index (χ0n) is 12.4. The summed E-state index contributed by atoms with van der Waals surface area (Å²) in [7, 11) is 0. The van der Waals surface area contributed by atoms with Crippen LogP contribution >= 0.6 is 11.3 Å². The molecule has 0 radical (unpaired) electrons. The van der Waals surface area contributed by atoms with Crippen LogP contribution in [0, 0.1) is 5.92 Å². The molecule has 3 rings (SSSR count). The summed E-state index contributed by atoms with van der Waals surface area (Å²) in [6.07, 6.45) is 1.57. The highest BCUT2D eigenvalue weighted by Crippen LogP contribution is 2.20. The fourth-order valence-corrected chi connectivity index (χ4v) is 2.98. The Morgan fingerprint density at radius 2 is 2.04 bits per heavy atom. The quantitative estimate of drug-likeness (QED) is 0.904. The number of hydrogen-bond acceptors (Lipinski definition) is 5. The van der Waals surface area contributed by atoms with Crippen molar-refractivity contribution in [2.75, 3.05) is 23.7 Å². The molecule has 3 amide bonds. The molecular weight excluding hydrogens is 314 g/mol. The number of likely N-dealkylation sites (tertiary alicyclic amines) is 1. The highest BCUT2D eigenvalue weighted by molar-refractivity contribution is 7.13. The molecule has 1 aromatic heterocycles. The zero-order chi connectivity index (χ0) is 16.1. The molecule has 1 aliphatic heterocycles. The summed E-state index contributed by atoms with van der Waals surface area (Å²) in [4.78, 5) is 26.3. The predicted octanol–water partition coefficient (Wildman–Crippen LogP) is 2.42. The number of hydrogen-bond donors (Lipinski definition) is 2. The van der Waals surface area contributed by atoms with Gasteiger partial charge < -0.3 is 15.5 Å². The minimum Gasteiger partial charge on any atom is -0.324 e. The van der Waals surface area contributed by atoms with Gasteiger partial charge in [0.1, 0.15) is 5.51 Å². The average molecular weight is 331 g/mol. The summed E-state index contributed by atoms with van der Waals surface area (Å²) < 4.78 is 0. The van der Waals surface area contributed by atoms with E-state index in [2.05, 4.69) is 20.8 Å². The van der Waals surface area contributed by atoms with E-state index in [0.717, 1.165) is 18.5 Å². The van der Waals surface area contributed by atoms with Crippen LogP contribution in [-0.2, 0) is 4.79 Å².